The molecular formula is C29H38N6O6S. The Labute approximate surface area is 249 Å². The van der Waals surface area contributed by atoms with E-state index in [1.54, 1.807) is 13.3 Å². The first kappa shape index (κ1) is 31.2. The minimum atomic E-state index is -1.70. The van der Waals surface area contributed by atoms with Gasteiger partial charge in [0, 0.05) is 29.5 Å². The number of amides is 2. The number of amidine groups is 1. The molecule has 1 aromatic rings. The maximum absolute atomic E-state index is 12.3. The van der Waals surface area contributed by atoms with Crippen molar-refractivity contribution in [3.05, 3.63) is 45.9 Å². The number of rotatable bonds is 5. The second kappa shape index (κ2) is 10.8. The molecule has 1 aromatic heterocycles. The molecule has 0 spiro atoms. The highest BCUT2D eigenvalue weighted by Gasteiger charge is 2.57. The molecule has 226 valence electrons. The molecule has 0 aromatic carbocycles. The lowest BCUT2D eigenvalue weighted by Crippen LogP contribution is -2.48. The van der Waals surface area contributed by atoms with Crippen molar-refractivity contribution in [2.75, 3.05) is 13.7 Å². The van der Waals surface area contributed by atoms with Crippen LogP contribution in [0.15, 0.2) is 16.7 Å². The zero-order valence-electron chi connectivity index (χ0n) is 25.4. The molecule has 0 atom stereocenters. The Balaban J connectivity index is 2.14. The lowest BCUT2D eigenvalue weighted by molar-refractivity contribution is 0.140. The Hall–Kier alpha value is -3.71. The molecule has 3 aliphatic rings. The van der Waals surface area contributed by atoms with Gasteiger partial charge in [-0.1, -0.05) is 41.5 Å². The number of aliphatic hydroxyl groups is 1. The first-order valence-electron chi connectivity index (χ1n) is 13.5. The second-order valence-electron chi connectivity index (χ2n) is 12.5. The van der Waals surface area contributed by atoms with Gasteiger partial charge >= 0.3 is 12.2 Å². The number of carbonyl (C=O) groups is 2. The van der Waals surface area contributed by atoms with Crippen molar-refractivity contribution in [2.24, 2.45) is 15.2 Å². The lowest BCUT2D eigenvalue weighted by Gasteiger charge is -2.52. The number of methoxy groups -OCH3 is 1. The van der Waals surface area contributed by atoms with Gasteiger partial charge in [-0.25, -0.2) is 9.59 Å². The third-order valence-electron chi connectivity index (χ3n) is 7.78. The van der Waals surface area contributed by atoms with E-state index in [4.69, 9.17) is 14.9 Å². The van der Waals surface area contributed by atoms with Gasteiger partial charge in [0.25, 0.3) is 0 Å². The fourth-order valence-corrected chi connectivity index (χ4v) is 7.56. The molecule has 0 radical (unpaired) electrons. The molecule has 1 aliphatic carbocycles. The zero-order valence-corrected chi connectivity index (χ0v) is 26.3. The molecular weight excluding hydrogens is 560 g/mol. The molecule has 42 heavy (non-hydrogen) atoms. The fourth-order valence-electron chi connectivity index (χ4n) is 6.30. The van der Waals surface area contributed by atoms with Crippen LogP contribution >= 0.6 is 11.9 Å². The van der Waals surface area contributed by atoms with Crippen LogP contribution < -0.4 is 4.74 Å². The summed E-state index contributed by atoms with van der Waals surface area (Å²) in [5.74, 6) is 0.354. The summed E-state index contributed by atoms with van der Waals surface area (Å²) in [6, 6.07) is 1.88. The molecule has 13 heteroatoms. The summed E-state index contributed by atoms with van der Waals surface area (Å²) >= 11 is 1.14. The number of ether oxygens (including phenoxy) is 1. The molecule has 0 saturated carbocycles. The summed E-state index contributed by atoms with van der Waals surface area (Å²) in [6.45, 7) is 16.2. The van der Waals surface area contributed by atoms with Gasteiger partial charge in [0.05, 0.1) is 23.2 Å². The molecule has 0 fully saturated rings. The third-order valence-corrected chi connectivity index (χ3v) is 9.74. The summed E-state index contributed by atoms with van der Waals surface area (Å²) in [5, 5.41) is 39.6. The molecule has 12 nitrogen and oxygen atoms in total. The van der Waals surface area contributed by atoms with Crippen LogP contribution in [0.2, 0.25) is 0 Å². The quantitative estimate of drug-likeness (QED) is 0.327. The Morgan fingerprint density at radius 1 is 1.07 bits per heavy atom. The SMILES string of the molecule is COc1c(C)cnc(Cn2nc3cc(CCO)c4c-3c(n2)C(N(C(=O)O)C(=O)O)=NSC4(C(C)(C)C)C(C)(C)C)c1C. The molecule has 2 amide bonds. The van der Waals surface area contributed by atoms with E-state index in [0.29, 0.717) is 29.1 Å². The number of carboxylic acid groups (broad SMARTS) is 2. The highest BCUT2D eigenvalue weighted by Crippen LogP contribution is 2.65. The van der Waals surface area contributed by atoms with Crippen molar-refractivity contribution < 1.29 is 29.6 Å². The second-order valence-corrected chi connectivity index (χ2v) is 13.5. The van der Waals surface area contributed by atoms with E-state index >= 15 is 0 Å². The molecule has 3 N–H and O–H groups in total. The standard InChI is InChI=1S/C29H38N6O6S/c1-15-13-30-19(16(2)23(15)41-9)14-34-31-18-12-17(10-11-36)21-20(18)22(32-34)24(35(25(37)38)26(39)40)33-42-29(21,27(3,4)5)28(6,7)8/h12-13,36H,10-11,14H2,1-9H3,(H,37,38)(H,39,40). The predicted octanol–water partition coefficient (Wildman–Crippen LogP) is 5.34. The van der Waals surface area contributed by atoms with Crippen LogP contribution in [0.4, 0.5) is 9.59 Å². The highest BCUT2D eigenvalue weighted by atomic mass is 32.2. The number of aromatic nitrogens is 4. The van der Waals surface area contributed by atoms with Crippen molar-refractivity contribution in [2.45, 2.75) is 73.1 Å². The number of imide groups is 1. The van der Waals surface area contributed by atoms with Crippen molar-refractivity contribution >= 4 is 30.0 Å². The summed E-state index contributed by atoms with van der Waals surface area (Å²) in [6.07, 6.45) is -1.41. The maximum atomic E-state index is 12.3. The van der Waals surface area contributed by atoms with E-state index in [2.05, 4.69) is 50.9 Å². The van der Waals surface area contributed by atoms with E-state index in [-0.39, 0.29) is 29.6 Å². The number of hydrogen-bond acceptors (Lipinski definition) is 9. The Morgan fingerprint density at radius 3 is 2.21 bits per heavy atom. The Kier molecular flexibility index (Phi) is 8.06. The zero-order chi connectivity index (χ0) is 31.4. The van der Waals surface area contributed by atoms with Crippen LogP contribution in [-0.4, -0.2) is 71.9 Å². The molecule has 4 rings (SSSR count). The van der Waals surface area contributed by atoms with Gasteiger partial charge < -0.3 is 20.1 Å². The monoisotopic (exact) mass is 598 g/mol. The van der Waals surface area contributed by atoms with E-state index in [0.717, 1.165) is 34.2 Å². The van der Waals surface area contributed by atoms with E-state index in [1.165, 1.54) is 4.80 Å². The Morgan fingerprint density at radius 2 is 1.69 bits per heavy atom. The lowest BCUT2D eigenvalue weighted by atomic mass is 9.61. The highest BCUT2D eigenvalue weighted by molar-refractivity contribution is 7.99. The number of aliphatic hydroxyl groups excluding tert-OH is 1. The minimum absolute atomic E-state index is 0.0728. The number of hydrogen-bond donors (Lipinski definition) is 3. The van der Waals surface area contributed by atoms with Gasteiger partial charge in [-0.15, -0.1) is 0 Å². The van der Waals surface area contributed by atoms with Crippen molar-refractivity contribution in [1.29, 1.82) is 0 Å². The van der Waals surface area contributed by atoms with Crippen molar-refractivity contribution in [3.8, 4) is 17.0 Å². The minimum Gasteiger partial charge on any atom is -0.496 e. The van der Waals surface area contributed by atoms with E-state index in [9.17, 15) is 24.9 Å². The summed E-state index contributed by atoms with van der Waals surface area (Å²) in [5.41, 5.74) is 4.06. The van der Waals surface area contributed by atoms with Gasteiger partial charge in [0.1, 0.15) is 18.0 Å². The van der Waals surface area contributed by atoms with Gasteiger partial charge in [-0.05, 0) is 60.2 Å². The third kappa shape index (κ3) is 4.87. The fraction of sp³-hybridized carbons (Fsp3) is 0.517. The number of aryl methyl sites for hydroxylation is 1. The summed E-state index contributed by atoms with van der Waals surface area (Å²) in [4.78, 5) is 30.8. The maximum Gasteiger partial charge on any atom is 0.422 e. The van der Waals surface area contributed by atoms with Crippen LogP contribution in [0, 0.1) is 24.7 Å². The molecule has 3 heterocycles. The first-order chi connectivity index (χ1) is 19.5. The molecule has 2 aliphatic heterocycles. The van der Waals surface area contributed by atoms with E-state index in [1.807, 2.05) is 19.9 Å². The molecule has 0 unspecified atom stereocenters. The van der Waals surface area contributed by atoms with Gasteiger partial charge in [-0.2, -0.15) is 24.3 Å². The van der Waals surface area contributed by atoms with Crippen LogP contribution in [-0.2, 0) is 17.7 Å². The molecule has 0 bridgehead atoms. The summed E-state index contributed by atoms with van der Waals surface area (Å²) in [7, 11) is 1.58. The van der Waals surface area contributed by atoms with Gasteiger partial charge in [0.15, 0.2) is 5.84 Å². The van der Waals surface area contributed by atoms with Crippen LogP contribution in [0.1, 0.15) is 75.2 Å². The average molecular weight is 599 g/mol. The smallest absolute Gasteiger partial charge is 0.422 e. The molecule has 0 saturated heterocycles. The predicted molar refractivity (Wildman–Crippen MR) is 159 cm³/mol. The van der Waals surface area contributed by atoms with E-state index < -0.39 is 27.8 Å². The van der Waals surface area contributed by atoms with Crippen LogP contribution in [0.25, 0.3) is 11.3 Å². The van der Waals surface area contributed by atoms with Gasteiger partial charge in [-0.3, -0.25) is 4.98 Å². The Bertz CT molecular complexity index is 1520. The van der Waals surface area contributed by atoms with Crippen LogP contribution in [0.5, 0.6) is 5.75 Å². The number of nitrogens with zero attached hydrogens (tertiary/aromatic N) is 6. The van der Waals surface area contributed by atoms with Gasteiger partial charge in [0.2, 0.25) is 0 Å². The van der Waals surface area contributed by atoms with Crippen molar-refractivity contribution in [3.63, 3.8) is 0 Å². The number of pyridine rings is 1. The topological polar surface area (TPSA) is 163 Å². The van der Waals surface area contributed by atoms with Crippen molar-refractivity contribution in [1.82, 2.24) is 24.9 Å². The largest absolute Gasteiger partial charge is 0.496 e. The average Bonchev–Trinajstić information content (AvgIpc) is 3.12. The normalized spacial score (nSPS) is 14.9. The van der Waals surface area contributed by atoms with Crippen LogP contribution in [0.3, 0.4) is 0 Å². The first-order valence-corrected chi connectivity index (χ1v) is 14.3. The summed E-state index contributed by atoms with van der Waals surface area (Å²) < 4.78 is 9.42.